The molecule has 1 aromatic heterocycles. The minimum Gasteiger partial charge on any atom is -0.335 e. The highest BCUT2D eigenvalue weighted by atomic mass is 32.2. The molecule has 5 nitrogen and oxygen atoms in total. The molecule has 2 aliphatic heterocycles. The van der Waals surface area contributed by atoms with Gasteiger partial charge in [0.2, 0.25) is 5.91 Å². The van der Waals surface area contributed by atoms with Crippen LogP contribution in [0.4, 0.5) is 0 Å². The van der Waals surface area contributed by atoms with Gasteiger partial charge in [-0.15, -0.1) is 11.3 Å². The Bertz CT molecular complexity index is 726. The van der Waals surface area contributed by atoms with Gasteiger partial charge in [-0.1, -0.05) is 18.9 Å². The highest BCUT2D eigenvalue weighted by molar-refractivity contribution is 7.91. The highest BCUT2D eigenvalue weighted by Crippen LogP contribution is 2.35. The molecule has 0 radical (unpaired) electrons. The number of carbonyl (C=O) groups is 1. The van der Waals surface area contributed by atoms with Gasteiger partial charge in [-0.3, -0.25) is 9.69 Å². The van der Waals surface area contributed by atoms with Gasteiger partial charge in [-0.05, 0) is 50.1 Å². The second-order valence-electron chi connectivity index (χ2n) is 7.94. The third-order valence-electron chi connectivity index (χ3n) is 6.18. The lowest BCUT2D eigenvalue weighted by Crippen LogP contribution is -2.50. The molecule has 1 aliphatic carbocycles. The summed E-state index contributed by atoms with van der Waals surface area (Å²) in [5.74, 6) is 0.529. The fourth-order valence-electron chi connectivity index (χ4n) is 4.96. The zero-order valence-electron chi connectivity index (χ0n) is 15.2. The summed E-state index contributed by atoms with van der Waals surface area (Å²) in [6.07, 6.45) is 7.18. The zero-order chi connectivity index (χ0) is 18.1. The molecule has 3 heterocycles. The van der Waals surface area contributed by atoms with Crippen molar-refractivity contribution in [3.8, 4) is 0 Å². The van der Waals surface area contributed by atoms with Crippen LogP contribution in [0.15, 0.2) is 17.5 Å². The van der Waals surface area contributed by atoms with Crippen molar-refractivity contribution >= 4 is 27.1 Å². The van der Waals surface area contributed by atoms with Crippen molar-refractivity contribution in [3.05, 3.63) is 22.4 Å². The van der Waals surface area contributed by atoms with E-state index in [-0.39, 0.29) is 29.5 Å². The maximum atomic E-state index is 13.3. The predicted molar refractivity (Wildman–Crippen MR) is 104 cm³/mol. The van der Waals surface area contributed by atoms with Crippen LogP contribution < -0.4 is 0 Å². The van der Waals surface area contributed by atoms with E-state index in [2.05, 4.69) is 22.4 Å². The molecular formula is C19H28N2O3S2. The molecule has 1 aromatic rings. The van der Waals surface area contributed by atoms with Gasteiger partial charge in [0.15, 0.2) is 9.84 Å². The minimum atomic E-state index is -2.98. The average Bonchev–Trinajstić information content (AvgIpc) is 3.34. The largest absolute Gasteiger partial charge is 0.335 e. The normalized spacial score (nSPS) is 29.4. The third-order valence-corrected chi connectivity index (χ3v) is 8.91. The van der Waals surface area contributed by atoms with Crippen molar-refractivity contribution in [1.29, 1.82) is 0 Å². The molecule has 1 amide bonds. The van der Waals surface area contributed by atoms with E-state index in [9.17, 15) is 13.2 Å². The molecule has 0 aromatic carbocycles. The van der Waals surface area contributed by atoms with Crippen molar-refractivity contribution < 1.29 is 13.2 Å². The Labute approximate surface area is 160 Å². The molecule has 2 atom stereocenters. The minimum absolute atomic E-state index is 0.113. The Hall–Kier alpha value is -0.920. The van der Waals surface area contributed by atoms with Gasteiger partial charge in [-0.2, -0.15) is 0 Å². The van der Waals surface area contributed by atoms with Crippen LogP contribution in [0.2, 0.25) is 0 Å². The number of amides is 1. The number of rotatable bonds is 5. The number of hydrogen-bond acceptors (Lipinski definition) is 5. The van der Waals surface area contributed by atoms with Gasteiger partial charge in [0.1, 0.15) is 0 Å². The first-order valence-electron chi connectivity index (χ1n) is 9.82. The van der Waals surface area contributed by atoms with Crippen molar-refractivity contribution in [2.75, 3.05) is 24.6 Å². The Morgan fingerprint density at radius 2 is 1.96 bits per heavy atom. The summed E-state index contributed by atoms with van der Waals surface area (Å²) >= 11 is 1.76. The molecule has 0 unspecified atom stereocenters. The number of likely N-dealkylation sites (tertiary alicyclic amines) is 1. The van der Waals surface area contributed by atoms with Crippen LogP contribution in [0.3, 0.4) is 0 Å². The summed E-state index contributed by atoms with van der Waals surface area (Å²) in [6.45, 7) is 1.38. The van der Waals surface area contributed by atoms with E-state index < -0.39 is 9.84 Å². The smallest absolute Gasteiger partial charge is 0.237 e. The first-order chi connectivity index (χ1) is 12.5. The van der Waals surface area contributed by atoms with E-state index in [1.165, 1.54) is 4.88 Å². The number of carbonyl (C=O) groups excluding carboxylic acids is 1. The average molecular weight is 397 g/mol. The maximum absolute atomic E-state index is 13.3. The third kappa shape index (κ3) is 3.85. The number of hydrogen-bond donors (Lipinski definition) is 0. The van der Waals surface area contributed by atoms with Crippen molar-refractivity contribution in [2.45, 2.75) is 63.1 Å². The summed E-state index contributed by atoms with van der Waals surface area (Å²) in [6, 6.07) is 4.71. The van der Waals surface area contributed by atoms with Gasteiger partial charge < -0.3 is 4.90 Å². The van der Waals surface area contributed by atoms with Crippen LogP contribution in [0.25, 0.3) is 0 Å². The molecule has 0 N–H and O–H groups in total. The van der Waals surface area contributed by atoms with Gasteiger partial charge in [-0.25, -0.2) is 8.42 Å². The number of thiophene rings is 1. The van der Waals surface area contributed by atoms with Crippen molar-refractivity contribution in [3.63, 3.8) is 0 Å². The summed E-state index contributed by atoms with van der Waals surface area (Å²) in [4.78, 5) is 18.9. The van der Waals surface area contributed by atoms with E-state index in [4.69, 9.17) is 0 Å². The highest BCUT2D eigenvalue weighted by Gasteiger charge is 2.40. The maximum Gasteiger partial charge on any atom is 0.237 e. The van der Waals surface area contributed by atoms with Crippen molar-refractivity contribution in [2.24, 2.45) is 0 Å². The summed E-state index contributed by atoms with van der Waals surface area (Å²) in [5.41, 5.74) is 0. The van der Waals surface area contributed by atoms with E-state index in [0.717, 1.165) is 45.1 Å². The van der Waals surface area contributed by atoms with E-state index in [1.54, 1.807) is 11.3 Å². The first-order valence-corrected chi connectivity index (χ1v) is 12.5. The molecule has 7 heteroatoms. The Kier molecular flexibility index (Phi) is 5.39. The van der Waals surface area contributed by atoms with Gasteiger partial charge in [0.25, 0.3) is 0 Å². The van der Waals surface area contributed by atoms with E-state index >= 15 is 0 Å². The summed E-state index contributed by atoms with van der Waals surface area (Å²) in [7, 11) is -2.98. The summed E-state index contributed by atoms with van der Waals surface area (Å²) in [5, 5.41) is 2.10. The molecule has 0 spiro atoms. The first kappa shape index (κ1) is 18.4. The molecule has 4 rings (SSSR count). The molecule has 3 fully saturated rings. The Morgan fingerprint density at radius 1 is 1.15 bits per heavy atom. The van der Waals surface area contributed by atoms with Crippen LogP contribution >= 0.6 is 11.3 Å². The molecule has 1 saturated carbocycles. The van der Waals surface area contributed by atoms with Gasteiger partial charge in [0, 0.05) is 23.0 Å². The van der Waals surface area contributed by atoms with Crippen LogP contribution in [0.5, 0.6) is 0 Å². The second kappa shape index (κ2) is 7.60. The van der Waals surface area contributed by atoms with Crippen LogP contribution in [-0.4, -0.2) is 60.8 Å². The fraction of sp³-hybridized carbons (Fsp3) is 0.737. The molecule has 26 heavy (non-hydrogen) atoms. The lowest BCUT2D eigenvalue weighted by Gasteiger charge is -2.36. The Balaban J connectivity index is 1.49. The van der Waals surface area contributed by atoms with Crippen LogP contribution in [-0.2, 0) is 14.6 Å². The van der Waals surface area contributed by atoms with E-state index in [1.807, 2.05) is 4.90 Å². The molecule has 3 aliphatic rings. The predicted octanol–water partition coefficient (Wildman–Crippen LogP) is 2.84. The van der Waals surface area contributed by atoms with Gasteiger partial charge >= 0.3 is 0 Å². The number of sulfone groups is 1. The quantitative estimate of drug-likeness (QED) is 0.768. The van der Waals surface area contributed by atoms with Crippen LogP contribution in [0.1, 0.15) is 55.9 Å². The fourth-order valence-corrected chi connectivity index (χ4v) is 7.56. The molecular weight excluding hydrogens is 368 g/mol. The van der Waals surface area contributed by atoms with Crippen LogP contribution in [0, 0.1) is 0 Å². The molecule has 144 valence electrons. The SMILES string of the molecule is O=C(CN1CCC[C@H]1c1cccs1)N(C1CCCC1)[C@H]1CCS(=O)(=O)C1. The Morgan fingerprint density at radius 3 is 2.62 bits per heavy atom. The lowest BCUT2D eigenvalue weighted by molar-refractivity contribution is -0.137. The molecule has 0 bridgehead atoms. The van der Waals surface area contributed by atoms with Crippen molar-refractivity contribution in [1.82, 2.24) is 9.80 Å². The number of nitrogens with zero attached hydrogens (tertiary/aromatic N) is 2. The lowest BCUT2D eigenvalue weighted by atomic mass is 10.1. The zero-order valence-corrected chi connectivity index (χ0v) is 16.8. The topological polar surface area (TPSA) is 57.7 Å². The van der Waals surface area contributed by atoms with E-state index in [0.29, 0.717) is 19.0 Å². The van der Waals surface area contributed by atoms with Gasteiger partial charge in [0.05, 0.1) is 18.1 Å². The standard InChI is InChI=1S/C19H28N2O3S2/c22-19(13-20-10-3-7-17(20)18-8-4-11-25-18)21(15-5-1-2-6-15)16-9-12-26(23,24)14-16/h4,8,11,15-17H,1-3,5-7,9-10,12-14H2/t16-,17-/m0/s1. The summed E-state index contributed by atoms with van der Waals surface area (Å²) < 4.78 is 24.0. The monoisotopic (exact) mass is 396 g/mol. The second-order valence-corrected chi connectivity index (χ2v) is 11.1. The molecule has 2 saturated heterocycles.